The number of fused-ring (bicyclic) bond motifs is 1. The molecule has 6 heteroatoms. The van der Waals surface area contributed by atoms with Crippen molar-refractivity contribution in [2.24, 2.45) is 0 Å². The van der Waals surface area contributed by atoms with Crippen LogP contribution in [0.2, 0.25) is 0 Å². The molecule has 1 fully saturated rings. The first kappa shape index (κ1) is 16.8. The third kappa shape index (κ3) is 3.11. The van der Waals surface area contributed by atoms with Crippen LogP contribution >= 0.6 is 0 Å². The summed E-state index contributed by atoms with van der Waals surface area (Å²) in [4.78, 5) is 27.3. The van der Waals surface area contributed by atoms with Gasteiger partial charge in [0, 0.05) is 24.7 Å². The number of piperidine rings is 1. The third-order valence-electron chi connectivity index (χ3n) is 5.47. The van der Waals surface area contributed by atoms with Gasteiger partial charge < -0.3 is 14.5 Å². The van der Waals surface area contributed by atoms with E-state index in [1.165, 1.54) is 5.56 Å². The van der Waals surface area contributed by atoms with Crippen molar-refractivity contribution in [2.45, 2.75) is 46.1 Å². The molecular weight excluding hydrogens is 326 g/mol. The average molecular weight is 351 g/mol. The molecule has 0 spiro atoms. The van der Waals surface area contributed by atoms with Crippen LogP contribution in [0.4, 0.5) is 0 Å². The summed E-state index contributed by atoms with van der Waals surface area (Å²) in [6, 6.07) is 6.27. The first-order valence-corrected chi connectivity index (χ1v) is 9.23. The van der Waals surface area contributed by atoms with Crippen LogP contribution in [0.5, 0.6) is 0 Å². The Morgan fingerprint density at radius 1 is 1.31 bits per heavy atom. The molecule has 3 aromatic rings. The summed E-state index contributed by atoms with van der Waals surface area (Å²) in [5.41, 5.74) is 5.33. The van der Waals surface area contributed by atoms with Gasteiger partial charge in [-0.15, -0.1) is 0 Å². The van der Waals surface area contributed by atoms with Gasteiger partial charge in [0.2, 0.25) is 5.91 Å². The molecule has 1 amide bonds. The fraction of sp³-hybridized carbons (Fsp3) is 0.450. The van der Waals surface area contributed by atoms with E-state index in [9.17, 15) is 4.79 Å². The second kappa shape index (κ2) is 6.59. The van der Waals surface area contributed by atoms with Crippen molar-refractivity contribution in [1.29, 1.82) is 0 Å². The average Bonchev–Trinajstić information content (AvgIpc) is 3.20. The quantitative estimate of drug-likeness (QED) is 0.788. The van der Waals surface area contributed by atoms with E-state index in [-0.39, 0.29) is 11.8 Å². The molecule has 0 radical (unpaired) electrons. The summed E-state index contributed by atoms with van der Waals surface area (Å²) in [6.45, 7) is 7.97. The molecule has 1 aliphatic heterocycles. The maximum absolute atomic E-state index is 12.8. The standard InChI is InChI=1S/C20H25N5O/c1-13-6-7-17-18(9-13)23-20(22-17)16-5-4-8-24(10-16)19(26)11-25-12-21-14(2)15(25)3/h6-7,9,12,16H,4-5,8,10-11H2,1-3H3,(H,22,23)/t16-/m0/s1. The van der Waals surface area contributed by atoms with Crippen molar-refractivity contribution in [3.8, 4) is 0 Å². The molecular formula is C20H25N5O. The number of aromatic nitrogens is 4. The second-order valence-electron chi connectivity index (χ2n) is 7.36. The Hall–Kier alpha value is -2.63. The molecule has 1 N–H and O–H groups in total. The van der Waals surface area contributed by atoms with Gasteiger partial charge in [0.15, 0.2) is 0 Å². The van der Waals surface area contributed by atoms with Gasteiger partial charge in [-0.25, -0.2) is 9.97 Å². The molecule has 2 aromatic heterocycles. The Balaban J connectivity index is 1.49. The highest BCUT2D eigenvalue weighted by Gasteiger charge is 2.27. The molecule has 4 rings (SSSR count). The highest BCUT2D eigenvalue weighted by molar-refractivity contribution is 5.77. The molecule has 3 heterocycles. The van der Waals surface area contributed by atoms with Crippen molar-refractivity contribution in [1.82, 2.24) is 24.4 Å². The lowest BCUT2D eigenvalue weighted by atomic mass is 9.97. The zero-order valence-corrected chi connectivity index (χ0v) is 15.6. The first-order chi connectivity index (χ1) is 12.5. The van der Waals surface area contributed by atoms with Crippen LogP contribution in [0, 0.1) is 20.8 Å². The lowest BCUT2D eigenvalue weighted by Gasteiger charge is -2.32. The maximum Gasteiger partial charge on any atom is 0.242 e. The molecule has 1 atom stereocenters. The van der Waals surface area contributed by atoms with Crippen LogP contribution in [0.25, 0.3) is 11.0 Å². The number of H-pyrrole nitrogens is 1. The molecule has 136 valence electrons. The predicted octanol–water partition coefficient (Wildman–Crippen LogP) is 3.09. The Morgan fingerprint density at radius 3 is 2.92 bits per heavy atom. The topological polar surface area (TPSA) is 66.8 Å². The molecule has 0 bridgehead atoms. The molecule has 6 nitrogen and oxygen atoms in total. The van der Waals surface area contributed by atoms with Gasteiger partial charge in [-0.05, 0) is 51.3 Å². The maximum atomic E-state index is 12.8. The van der Waals surface area contributed by atoms with Gasteiger partial charge >= 0.3 is 0 Å². The Labute approximate surface area is 153 Å². The predicted molar refractivity (Wildman–Crippen MR) is 101 cm³/mol. The number of imidazole rings is 2. The Morgan fingerprint density at radius 2 is 2.15 bits per heavy atom. The minimum atomic E-state index is 0.155. The number of hydrogen-bond donors (Lipinski definition) is 1. The van der Waals surface area contributed by atoms with Crippen LogP contribution in [-0.2, 0) is 11.3 Å². The third-order valence-corrected chi connectivity index (χ3v) is 5.47. The van der Waals surface area contributed by atoms with Gasteiger partial charge in [-0.1, -0.05) is 6.07 Å². The summed E-state index contributed by atoms with van der Waals surface area (Å²) in [7, 11) is 0. The summed E-state index contributed by atoms with van der Waals surface area (Å²) in [5, 5.41) is 0. The highest BCUT2D eigenvalue weighted by Crippen LogP contribution is 2.27. The van der Waals surface area contributed by atoms with Gasteiger partial charge in [0.1, 0.15) is 12.4 Å². The van der Waals surface area contributed by atoms with Crippen molar-refractivity contribution >= 4 is 16.9 Å². The van der Waals surface area contributed by atoms with Crippen LogP contribution in [0.15, 0.2) is 24.5 Å². The fourth-order valence-electron chi connectivity index (χ4n) is 3.71. The summed E-state index contributed by atoms with van der Waals surface area (Å²) < 4.78 is 1.94. The number of aromatic amines is 1. The number of benzene rings is 1. The van der Waals surface area contributed by atoms with Crippen LogP contribution in [-0.4, -0.2) is 43.4 Å². The fourth-order valence-corrected chi connectivity index (χ4v) is 3.71. The number of aryl methyl sites for hydroxylation is 2. The number of rotatable bonds is 3. The molecule has 0 saturated carbocycles. The van der Waals surface area contributed by atoms with E-state index in [0.717, 1.165) is 54.2 Å². The van der Waals surface area contributed by atoms with Gasteiger partial charge in [-0.2, -0.15) is 0 Å². The van der Waals surface area contributed by atoms with E-state index >= 15 is 0 Å². The van der Waals surface area contributed by atoms with Crippen molar-refractivity contribution < 1.29 is 4.79 Å². The Kier molecular flexibility index (Phi) is 4.26. The van der Waals surface area contributed by atoms with E-state index in [0.29, 0.717) is 6.54 Å². The molecule has 1 saturated heterocycles. The van der Waals surface area contributed by atoms with Crippen molar-refractivity contribution in [2.75, 3.05) is 13.1 Å². The number of carbonyl (C=O) groups is 1. The Bertz CT molecular complexity index is 954. The lowest BCUT2D eigenvalue weighted by Crippen LogP contribution is -2.41. The molecule has 0 unspecified atom stereocenters. The van der Waals surface area contributed by atoms with Gasteiger partial charge in [-0.3, -0.25) is 4.79 Å². The monoisotopic (exact) mass is 351 g/mol. The van der Waals surface area contributed by atoms with E-state index in [4.69, 9.17) is 4.98 Å². The number of amides is 1. The molecule has 1 aromatic carbocycles. The second-order valence-corrected chi connectivity index (χ2v) is 7.36. The summed E-state index contributed by atoms with van der Waals surface area (Å²) in [6.07, 6.45) is 3.83. The first-order valence-electron chi connectivity index (χ1n) is 9.23. The number of nitrogens with zero attached hydrogens (tertiary/aromatic N) is 4. The van der Waals surface area contributed by atoms with E-state index in [2.05, 4.69) is 35.1 Å². The van der Waals surface area contributed by atoms with E-state index < -0.39 is 0 Å². The number of hydrogen-bond acceptors (Lipinski definition) is 3. The highest BCUT2D eigenvalue weighted by atomic mass is 16.2. The normalized spacial score (nSPS) is 17.8. The van der Waals surface area contributed by atoms with E-state index in [1.807, 2.05) is 23.3 Å². The largest absolute Gasteiger partial charge is 0.342 e. The van der Waals surface area contributed by atoms with Gasteiger partial charge in [0.25, 0.3) is 0 Å². The molecule has 0 aliphatic carbocycles. The van der Waals surface area contributed by atoms with Gasteiger partial charge in [0.05, 0.1) is 23.1 Å². The number of nitrogens with one attached hydrogen (secondary N) is 1. The zero-order valence-electron chi connectivity index (χ0n) is 15.6. The van der Waals surface area contributed by atoms with E-state index in [1.54, 1.807) is 6.33 Å². The molecule has 26 heavy (non-hydrogen) atoms. The summed E-state index contributed by atoms with van der Waals surface area (Å²) >= 11 is 0. The van der Waals surface area contributed by atoms with Crippen LogP contribution in [0.3, 0.4) is 0 Å². The van der Waals surface area contributed by atoms with Crippen LogP contribution in [0.1, 0.15) is 41.5 Å². The number of likely N-dealkylation sites (tertiary alicyclic amines) is 1. The zero-order chi connectivity index (χ0) is 18.3. The SMILES string of the molecule is Cc1ccc2nc([C@H]3CCCN(C(=O)Cn4cnc(C)c4C)C3)[nH]c2c1. The van der Waals surface area contributed by atoms with Crippen LogP contribution < -0.4 is 0 Å². The smallest absolute Gasteiger partial charge is 0.242 e. The molecule has 1 aliphatic rings. The van der Waals surface area contributed by atoms with Crippen molar-refractivity contribution in [3.05, 3.63) is 47.3 Å². The lowest BCUT2D eigenvalue weighted by molar-refractivity contribution is -0.133. The summed E-state index contributed by atoms with van der Waals surface area (Å²) in [5.74, 6) is 1.42. The minimum Gasteiger partial charge on any atom is -0.342 e. The van der Waals surface area contributed by atoms with Crippen molar-refractivity contribution in [3.63, 3.8) is 0 Å². The number of carbonyl (C=O) groups excluding carboxylic acids is 1. The minimum absolute atomic E-state index is 0.155.